The van der Waals surface area contributed by atoms with E-state index in [0.717, 1.165) is 18.7 Å². The summed E-state index contributed by atoms with van der Waals surface area (Å²) < 4.78 is 36.4. The molecule has 0 bridgehead atoms. The predicted octanol–water partition coefficient (Wildman–Crippen LogP) is 2.35. The Morgan fingerprint density at radius 3 is 2.72 bits per heavy atom. The molecule has 1 fully saturated rings. The van der Waals surface area contributed by atoms with E-state index >= 15 is 0 Å². The van der Waals surface area contributed by atoms with Crippen molar-refractivity contribution in [2.45, 2.75) is 31.4 Å². The molecular weight excluding hydrogens is 406 g/mol. The Morgan fingerprint density at radius 2 is 2.10 bits per heavy atom. The number of piperidine rings is 1. The Labute approximate surface area is 174 Å². The van der Waals surface area contributed by atoms with Crippen LogP contribution in [0.1, 0.15) is 18.4 Å². The molecule has 0 aliphatic carbocycles. The minimum absolute atomic E-state index is 0. The number of ether oxygens (including phenoxy) is 2. The largest absolute Gasteiger partial charge is 0.493 e. The van der Waals surface area contributed by atoms with Gasteiger partial charge in [0.05, 0.1) is 7.11 Å². The number of halogens is 3. The Hall–Kier alpha value is -2.39. The Kier molecular flexibility index (Phi) is 8.21. The number of benzene rings is 1. The second kappa shape index (κ2) is 10.4. The Morgan fingerprint density at radius 1 is 1.34 bits per heavy atom. The van der Waals surface area contributed by atoms with Crippen LogP contribution < -0.4 is 20.1 Å². The first-order valence-electron chi connectivity index (χ1n) is 9.16. The smallest absolute Gasteiger partial charge is 0.387 e. The number of carbonyl (C=O) groups excluding carboxylic acids is 1. The van der Waals surface area contributed by atoms with Crippen LogP contribution in [0.3, 0.4) is 0 Å². The molecule has 3 rings (SSSR count). The van der Waals surface area contributed by atoms with Gasteiger partial charge in [0.2, 0.25) is 5.91 Å². The maximum absolute atomic E-state index is 13.0. The molecule has 0 saturated carbocycles. The zero-order valence-corrected chi connectivity index (χ0v) is 16.9. The first kappa shape index (κ1) is 22.9. The van der Waals surface area contributed by atoms with Crippen LogP contribution >= 0.6 is 12.4 Å². The van der Waals surface area contributed by atoms with Crippen molar-refractivity contribution in [3.05, 3.63) is 42.2 Å². The molecule has 1 saturated heterocycles. The summed E-state index contributed by atoms with van der Waals surface area (Å²) in [6.07, 6.45) is 5.24. The monoisotopic (exact) mass is 430 g/mol. The summed E-state index contributed by atoms with van der Waals surface area (Å²) in [7, 11) is 1.39. The molecule has 0 spiro atoms. The molecule has 1 amide bonds. The van der Waals surface area contributed by atoms with Gasteiger partial charge in [0.15, 0.2) is 11.5 Å². The molecule has 29 heavy (non-hydrogen) atoms. The van der Waals surface area contributed by atoms with Crippen LogP contribution in [-0.2, 0) is 16.8 Å². The highest BCUT2D eigenvalue weighted by Gasteiger charge is 2.41. The van der Waals surface area contributed by atoms with Crippen LogP contribution in [0.5, 0.6) is 11.5 Å². The lowest BCUT2D eigenvalue weighted by Crippen LogP contribution is -2.54. The molecule has 2 aromatic rings. The van der Waals surface area contributed by atoms with Crippen molar-refractivity contribution in [1.29, 1.82) is 0 Å². The summed E-state index contributed by atoms with van der Waals surface area (Å²) in [5.74, 6) is 0.128. The number of amides is 1. The van der Waals surface area contributed by atoms with Crippen molar-refractivity contribution in [2.24, 2.45) is 0 Å². The van der Waals surface area contributed by atoms with E-state index in [2.05, 4.69) is 20.5 Å². The number of rotatable bonds is 8. The number of nitrogens with one attached hydrogen (secondary N) is 2. The van der Waals surface area contributed by atoms with Crippen LogP contribution in [-0.4, -0.2) is 49.0 Å². The molecule has 2 N–H and O–H groups in total. The number of alkyl halides is 2. The second-order valence-corrected chi connectivity index (χ2v) is 6.60. The SMILES string of the molecule is COc1ccc(CCNC(=O)C2(n3cccn3)CCNCC2)cc1OC(F)F.Cl. The molecule has 0 atom stereocenters. The maximum atomic E-state index is 13.0. The highest BCUT2D eigenvalue weighted by atomic mass is 35.5. The minimum atomic E-state index is -2.93. The van der Waals surface area contributed by atoms with E-state index in [-0.39, 0.29) is 29.8 Å². The Balaban J connectivity index is 0.00000300. The molecule has 7 nitrogen and oxygen atoms in total. The average Bonchev–Trinajstić information content (AvgIpc) is 3.23. The lowest BCUT2D eigenvalue weighted by Gasteiger charge is -2.36. The molecule has 1 aromatic heterocycles. The van der Waals surface area contributed by atoms with Gasteiger partial charge in [0, 0.05) is 18.9 Å². The lowest BCUT2D eigenvalue weighted by molar-refractivity contribution is -0.131. The summed E-state index contributed by atoms with van der Waals surface area (Å²) in [6.45, 7) is -1.09. The van der Waals surface area contributed by atoms with Crippen molar-refractivity contribution < 1.29 is 23.0 Å². The number of nitrogens with zero attached hydrogens (tertiary/aromatic N) is 2. The molecule has 0 radical (unpaired) electrons. The van der Waals surface area contributed by atoms with Crippen molar-refractivity contribution in [1.82, 2.24) is 20.4 Å². The highest BCUT2D eigenvalue weighted by Crippen LogP contribution is 2.30. The number of methoxy groups -OCH3 is 1. The number of hydrogen-bond acceptors (Lipinski definition) is 5. The molecule has 10 heteroatoms. The molecule has 160 valence electrons. The minimum Gasteiger partial charge on any atom is -0.493 e. The van der Waals surface area contributed by atoms with E-state index in [0.29, 0.717) is 25.8 Å². The predicted molar refractivity (Wildman–Crippen MR) is 106 cm³/mol. The van der Waals surface area contributed by atoms with E-state index in [1.54, 1.807) is 29.1 Å². The topological polar surface area (TPSA) is 77.4 Å². The molecule has 1 aliphatic heterocycles. The highest BCUT2D eigenvalue weighted by molar-refractivity contribution is 5.85. The van der Waals surface area contributed by atoms with Crippen LogP contribution in [0.2, 0.25) is 0 Å². The molecule has 0 unspecified atom stereocenters. The Bertz CT molecular complexity index is 784. The molecular formula is C19H25ClF2N4O3. The third kappa shape index (κ3) is 5.36. The molecule has 1 aromatic carbocycles. The zero-order chi connectivity index (χ0) is 20.0. The summed E-state index contributed by atoms with van der Waals surface area (Å²) in [6, 6.07) is 6.65. The van der Waals surface area contributed by atoms with Gasteiger partial charge in [0.1, 0.15) is 5.54 Å². The fourth-order valence-electron chi connectivity index (χ4n) is 3.47. The van der Waals surface area contributed by atoms with E-state index in [1.807, 2.05) is 6.20 Å². The van der Waals surface area contributed by atoms with Crippen molar-refractivity contribution in [2.75, 3.05) is 26.7 Å². The van der Waals surface area contributed by atoms with Gasteiger partial charge >= 0.3 is 6.61 Å². The number of carbonyl (C=O) groups is 1. The van der Waals surface area contributed by atoms with Crippen LogP contribution in [0.4, 0.5) is 8.78 Å². The van der Waals surface area contributed by atoms with Gasteiger partial charge in [-0.2, -0.15) is 13.9 Å². The zero-order valence-electron chi connectivity index (χ0n) is 16.1. The fourth-order valence-corrected chi connectivity index (χ4v) is 3.47. The van der Waals surface area contributed by atoms with Crippen molar-refractivity contribution in [3.8, 4) is 11.5 Å². The summed E-state index contributed by atoms with van der Waals surface area (Å²) in [4.78, 5) is 13.0. The van der Waals surface area contributed by atoms with Crippen molar-refractivity contribution >= 4 is 18.3 Å². The van der Waals surface area contributed by atoms with E-state index in [9.17, 15) is 13.6 Å². The molecule has 2 heterocycles. The van der Waals surface area contributed by atoms with E-state index in [4.69, 9.17) is 4.74 Å². The van der Waals surface area contributed by atoms with Crippen LogP contribution in [0.15, 0.2) is 36.7 Å². The van der Waals surface area contributed by atoms with Crippen LogP contribution in [0.25, 0.3) is 0 Å². The van der Waals surface area contributed by atoms with Gasteiger partial charge in [-0.05, 0) is 56.1 Å². The average molecular weight is 431 g/mol. The fraction of sp³-hybridized carbons (Fsp3) is 0.474. The third-order valence-electron chi connectivity index (χ3n) is 4.94. The summed E-state index contributed by atoms with van der Waals surface area (Å²) in [5, 5.41) is 10.5. The lowest BCUT2D eigenvalue weighted by atomic mass is 9.87. The first-order chi connectivity index (χ1) is 13.5. The van der Waals surface area contributed by atoms with E-state index in [1.165, 1.54) is 13.2 Å². The normalized spacial score (nSPS) is 15.4. The summed E-state index contributed by atoms with van der Waals surface area (Å²) in [5.41, 5.74) is 0.0497. The maximum Gasteiger partial charge on any atom is 0.387 e. The van der Waals surface area contributed by atoms with Gasteiger partial charge in [0.25, 0.3) is 0 Å². The van der Waals surface area contributed by atoms with Gasteiger partial charge in [-0.25, -0.2) is 0 Å². The van der Waals surface area contributed by atoms with Gasteiger partial charge in [-0.1, -0.05) is 6.07 Å². The first-order valence-corrected chi connectivity index (χ1v) is 9.16. The van der Waals surface area contributed by atoms with Gasteiger partial charge in [-0.3, -0.25) is 9.48 Å². The van der Waals surface area contributed by atoms with Crippen LogP contribution in [0, 0.1) is 0 Å². The third-order valence-corrected chi connectivity index (χ3v) is 4.94. The second-order valence-electron chi connectivity index (χ2n) is 6.60. The molecule has 1 aliphatic rings. The number of hydrogen-bond donors (Lipinski definition) is 2. The number of aromatic nitrogens is 2. The van der Waals surface area contributed by atoms with Crippen molar-refractivity contribution in [3.63, 3.8) is 0 Å². The van der Waals surface area contributed by atoms with E-state index < -0.39 is 12.2 Å². The quantitative estimate of drug-likeness (QED) is 0.672. The van der Waals surface area contributed by atoms with Gasteiger partial charge < -0.3 is 20.1 Å². The summed E-state index contributed by atoms with van der Waals surface area (Å²) >= 11 is 0. The standard InChI is InChI=1S/C19H24F2N4O3.ClH/c1-27-15-4-3-14(13-16(15)28-18(20)21)5-9-23-17(26)19(6-10-22-11-7-19)25-12-2-8-24-25;/h2-4,8,12-13,18,22H,5-7,9-11H2,1H3,(H,23,26);1H. The van der Waals surface area contributed by atoms with Gasteiger partial charge in [-0.15, -0.1) is 12.4 Å².